The number of carbonyl (C=O) groups excluding carboxylic acids is 2. The van der Waals surface area contributed by atoms with Crippen LogP contribution in [0, 0.1) is 11.3 Å². The van der Waals surface area contributed by atoms with Crippen molar-refractivity contribution in [2.24, 2.45) is 5.73 Å². The van der Waals surface area contributed by atoms with Gasteiger partial charge in [-0.15, -0.1) is 0 Å². The Hall–Kier alpha value is -2.76. The maximum Gasteiger partial charge on any atom is 0.413 e. The summed E-state index contributed by atoms with van der Waals surface area (Å²) in [6, 6.07) is 6.25. The van der Waals surface area contributed by atoms with Gasteiger partial charge in [-0.3, -0.25) is 9.69 Å². The lowest BCUT2D eigenvalue weighted by atomic mass is 10.2. The van der Waals surface area contributed by atoms with Crippen molar-refractivity contribution < 1.29 is 14.3 Å². The van der Waals surface area contributed by atoms with E-state index in [9.17, 15) is 14.9 Å². The molecule has 1 aromatic carbocycles. The number of ether oxygens (including phenoxy) is 1. The molecule has 0 unspecified atom stereocenters. The van der Waals surface area contributed by atoms with Gasteiger partial charge in [0.15, 0.2) is 0 Å². The first-order valence-corrected chi connectivity index (χ1v) is 7.42. The summed E-state index contributed by atoms with van der Waals surface area (Å²) >= 11 is 5.97. The van der Waals surface area contributed by atoms with Crippen molar-refractivity contribution in [3.05, 3.63) is 35.0 Å². The average molecular weight is 352 g/mol. The molecule has 8 nitrogen and oxygen atoms in total. The van der Waals surface area contributed by atoms with Crippen molar-refractivity contribution >= 4 is 35.0 Å². The Morgan fingerprint density at radius 2 is 2.21 bits per heavy atom. The number of amides is 2. The molecule has 0 heterocycles. The van der Waals surface area contributed by atoms with E-state index in [-0.39, 0.29) is 30.3 Å². The van der Waals surface area contributed by atoms with Gasteiger partial charge in [-0.05, 0) is 25.1 Å². The number of benzene rings is 1. The van der Waals surface area contributed by atoms with Gasteiger partial charge < -0.3 is 21.5 Å². The molecule has 0 fully saturated rings. The molecular formula is C15H18ClN5O3. The molecule has 0 spiro atoms. The molecule has 1 aromatic rings. The third-order valence-electron chi connectivity index (χ3n) is 2.76. The molecule has 2 amide bonds. The van der Waals surface area contributed by atoms with Gasteiger partial charge in [0.25, 0.3) is 5.91 Å². The van der Waals surface area contributed by atoms with E-state index >= 15 is 0 Å². The van der Waals surface area contributed by atoms with Crippen molar-refractivity contribution in [3.63, 3.8) is 0 Å². The number of nitriles is 1. The molecule has 128 valence electrons. The van der Waals surface area contributed by atoms with Gasteiger partial charge in [-0.2, -0.15) is 5.26 Å². The fourth-order valence-corrected chi connectivity index (χ4v) is 1.91. The van der Waals surface area contributed by atoms with E-state index in [4.69, 9.17) is 27.8 Å². The Morgan fingerprint density at radius 1 is 1.50 bits per heavy atom. The van der Waals surface area contributed by atoms with Gasteiger partial charge in [0.1, 0.15) is 11.6 Å². The van der Waals surface area contributed by atoms with E-state index in [0.29, 0.717) is 11.4 Å². The lowest BCUT2D eigenvalue weighted by molar-refractivity contribution is -0.112. The van der Waals surface area contributed by atoms with Gasteiger partial charge in [0.2, 0.25) is 0 Å². The van der Waals surface area contributed by atoms with Gasteiger partial charge in [-0.1, -0.05) is 11.6 Å². The van der Waals surface area contributed by atoms with Gasteiger partial charge in [0, 0.05) is 25.0 Å². The molecule has 0 saturated heterocycles. The quantitative estimate of drug-likeness (QED) is 0.405. The maximum absolute atomic E-state index is 12.2. The van der Waals surface area contributed by atoms with Crippen LogP contribution in [0.5, 0.6) is 0 Å². The number of nitrogens with one attached hydrogen (secondary N) is 1. The first-order valence-electron chi connectivity index (χ1n) is 7.04. The van der Waals surface area contributed by atoms with Crippen molar-refractivity contribution in [1.29, 1.82) is 5.26 Å². The van der Waals surface area contributed by atoms with Crippen LogP contribution in [0.2, 0.25) is 5.02 Å². The highest BCUT2D eigenvalue weighted by Gasteiger charge is 2.17. The number of nitrogens with two attached hydrogens (primary N) is 2. The zero-order valence-electron chi connectivity index (χ0n) is 13.1. The van der Waals surface area contributed by atoms with Crippen LogP contribution >= 0.6 is 11.6 Å². The Kier molecular flexibility index (Phi) is 7.55. The number of carbonyl (C=O) groups is 2. The first kappa shape index (κ1) is 19.3. The number of halogens is 1. The summed E-state index contributed by atoms with van der Waals surface area (Å²) in [5, 5.41) is 11.9. The number of nitrogen functional groups attached to an aromatic ring is 1. The summed E-state index contributed by atoms with van der Waals surface area (Å²) in [6.45, 7) is 2.03. The largest absolute Gasteiger partial charge is 0.449 e. The van der Waals surface area contributed by atoms with Crippen molar-refractivity contribution in [2.75, 3.05) is 30.7 Å². The summed E-state index contributed by atoms with van der Waals surface area (Å²) in [5.74, 6) is -0.726. The molecule has 0 bridgehead atoms. The molecule has 0 saturated carbocycles. The number of nitrogens with zero attached hydrogens (tertiary/aromatic N) is 2. The molecule has 9 heteroatoms. The zero-order chi connectivity index (χ0) is 18.1. The Labute approximate surface area is 144 Å². The molecule has 0 aliphatic carbocycles. The monoisotopic (exact) mass is 351 g/mol. The predicted octanol–water partition coefficient (Wildman–Crippen LogP) is 1.69. The summed E-state index contributed by atoms with van der Waals surface area (Å²) < 4.78 is 4.84. The second-order valence-corrected chi connectivity index (χ2v) is 4.94. The average Bonchev–Trinajstić information content (AvgIpc) is 2.54. The SMILES string of the molecule is CCOC(=O)N(/C=C(/C#N)C(=O)Nc1ccc(N)cc1Cl)CCN. The van der Waals surface area contributed by atoms with E-state index in [0.717, 1.165) is 11.1 Å². The van der Waals surface area contributed by atoms with E-state index in [1.807, 2.05) is 0 Å². The van der Waals surface area contributed by atoms with Crippen molar-refractivity contribution in [3.8, 4) is 6.07 Å². The maximum atomic E-state index is 12.2. The van der Waals surface area contributed by atoms with Crippen LogP contribution in [0.4, 0.5) is 16.2 Å². The van der Waals surface area contributed by atoms with Gasteiger partial charge in [0.05, 0.1) is 17.3 Å². The van der Waals surface area contributed by atoms with E-state index in [1.165, 1.54) is 12.1 Å². The van der Waals surface area contributed by atoms with Crippen LogP contribution in [-0.4, -0.2) is 36.6 Å². The highest BCUT2D eigenvalue weighted by Crippen LogP contribution is 2.24. The number of hydrogen-bond donors (Lipinski definition) is 3. The molecule has 24 heavy (non-hydrogen) atoms. The molecule has 5 N–H and O–H groups in total. The van der Waals surface area contributed by atoms with Crippen molar-refractivity contribution in [2.45, 2.75) is 6.92 Å². The van der Waals surface area contributed by atoms with E-state index in [2.05, 4.69) is 5.32 Å². The molecule has 1 rings (SSSR count). The minimum atomic E-state index is -0.726. The van der Waals surface area contributed by atoms with Crippen LogP contribution in [0.15, 0.2) is 30.0 Å². The lowest BCUT2D eigenvalue weighted by Crippen LogP contribution is -2.32. The molecule has 0 aliphatic rings. The van der Waals surface area contributed by atoms with Crippen LogP contribution in [-0.2, 0) is 9.53 Å². The highest BCUT2D eigenvalue weighted by atomic mass is 35.5. The third kappa shape index (κ3) is 5.46. The Morgan fingerprint density at radius 3 is 2.75 bits per heavy atom. The second kappa shape index (κ2) is 9.39. The van der Waals surface area contributed by atoms with E-state index in [1.54, 1.807) is 19.1 Å². The molecule has 0 aliphatic heterocycles. The van der Waals surface area contributed by atoms with Crippen molar-refractivity contribution in [1.82, 2.24) is 4.90 Å². The Balaban J connectivity index is 2.98. The molecule has 0 radical (unpaired) electrons. The predicted molar refractivity (Wildman–Crippen MR) is 91.0 cm³/mol. The van der Waals surface area contributed by atoms with Crippen LogP contribution in [0.25, 0.3) is 0 Å². The van der Waals surface area contributed by atoms with E-state index < -0.39 is 12.0 Å². The number of rotatable bonds is 6. The minimum Gasteiger partial charge on any atom is -0.449 e. The number of anilines is 2. The summed E-state index contributed by atoms with van der Waals surface area (Å²) in [4.78, 5) is 25.0. The summed E-state index contributed by atoms with van der Waals surface area (Å²) in [5.41, 5.74) is 11.4. The smallest absolute Gasteiger partial charge is 0.413 e. The third-order valence-corrected chi connectivity index (χ3v) is 3.08. The zero-order valence-corrected chi connectivity index (χ0v) is 13.8. The fourth-order valence-electron chi connectivity index (χ4n) is 1.67. The normalized spacial score (nSPS) is 10.7. The van der Waals surface area contributed by atoms with Gasteiger partial charge >= 0.3 is 6.09 Å². The Bertz CT molecular complexity index is 684. The standard InChI is InChI=1S/C15H18ClN5O3/c1-2-24-15(23)21(6-5-17)9-10(8-18)14(22)20-13-4-3-11(19)7-12(13)16/h3-4,7,9H,2,5-6,17,19H2,1H3,(H,20,22)/b10-9-. The lowest BCUT2D eigenvalue weighted by Gasteiger charge is -2.17. The van der Waals surface area contributed by atoms with Gasteiger partial charge in [-0.25, -0.2) is 4.79 Å². The number of hydrogen-bond acceptors (Lipinski definition) is 6. The summed E-state index contributed by atoms with van der Waals surface area (Å²) in [6.07, 6.45) is 0.389. The van der Waals surface area contributed by atoms with Crippen LogP contribution in [0.1, 0.15) is 6.92 Å². The second-order valence-electron chi connectivity index (χ2n) is 4.53. The minimum absolute atomic E-state index is 0.0971. The molecule has 0 aromatic heterocycles. The van der Waals surface area contributed by atoms with Crippen LogP contribution in [0.3, 0.4) is 0 Å². The molecular weight excluding hydrogens is 334 g/mol. The first-order chi connectivity index (χ1) is 11.4. The fraction of sp³-hybridized carbons (Fsp3) is 0.267. The summed E-state index contributed by atoms with van der Waals surface area (Å²) in [7, 11) is 0. The molecule has 0 atom stereocenters. The highest BCUT2D eigenvalue weighted by molar-refractivity contribution is 6.34. The van der Waals surface area contributed by atoms with Crippen LogP contribution < -0.4 is 16.8 Å². The topological polar surface area (TPSA) is 134 Å².